The van der Waals surface area contributed by atoms with E-state index < -0.39 is 11.8 Å². The van der Waals surface area contributed by atoms with Gasteiger partial charge in [0.25, 0.3) is 6.08 Å². The zero-order valence-electron chi connectivity index (χ0n) is 15.8. The standard InChI is InChI=1S/C19H19F3N6O/c1-27(2)15-8-11(6-7-13(15)20)14-4-3-5-16(24-14)28-17(25-26-19(28)29)9-12(10-23)18(21)22/h3-8H,9-10,23H2,1-2H3,(H,26,29). The summed E-state index contributed by atoms with van der Waals surface area (Å²) in [6.07, 6.45) is -2.20. The van der Waals surface area contributed by atoms with Crippen molar-refractivity contribution >= 4 is 5.69 Å². The minimum Gasteiger partial charge on any atom is -0.375 e. The Kier molecular flexibility index (Phi) is 5.83. The topological polar surface area (TPSA) is 92.8 Å². The molecule has 0 saturated heterocycles. The van der Waals surface area contributed by atoms with Crippen LogP contribution in [0, 0.1) is 5.82 Å². The van der Waals surface area contributed by atoms with Gasteiger partial charge in [0.15, 0.2) is 0 Å². The third-order valence-corrected chi connectivity index (χ3v) is 4.31. The monoisotopic (exact) mass is 404 g/mol. The predicted molar refractivity (Wildman–Crippen MR) is 104 cm³/mol. The lowest BCUT2D eigenvalue weighted by Gasteiger charge is -2.15. The number of nitrogens with one attached hydrogen (secondary N) is 1. The molecule has 152 valence electrons. The van der Waals surface area contributed by atoms with Gasteiger partial charge in [-0.25, -0.2) is 23.8 Å². The van der Waals surface area contributed by atoms with Crippen LogP contribution in [0.5, 0.6) is 0 Å². The van der Waals surface area contributed by atoms with E-state index in [1.54, 1.807) is 49.3 Å². The molecule has 7 nitrogen and oxygen atoms in total. The molecule has 0 fully saturated rings. The molecular weight excluding hydrogens is 385 g/mol. The van der Waals surface area contributed by atoms with Gasteiger partial charge in [-0.05, 0) is 30.3 Å². The van der Waals surface area contributed by atoms with Crippen LogP contribution in [-0.4, -0.2) is 40.4 Å². The summed E-state index contributed by atoms with van der Waals surface area (Å²) in [5, 5.41) is 6.07. The number of hydrogen-bond donors (Lipinski definition) is 2. The summed E-state index contributed by atoms with van der Waals surface area (Å²) >= 11 is 0. The Hall–Kier alpha value is -3.40. The van der Waals surface area contributed by atoms with Crippen molar-refractivity contribution in [2.24, 2.45) is 5.73 Å². The smallest absolute Gasteiger partial charge is 0.349 e. The van der Waals surface area contributed by atoms with Crippen molar-refractivity contribution < 1.29 is 13.2 Å². The van der Waals surface area contributed by atoms with E-state index in [-0.39, 0.29) is 36.0 Å². The van der Waals surface area contributed by atoms with Crippen LogP contribution >= 0.6 is 0 Å². The summed E-state index contributed by atoms with van der Waals surface area (Å²) in [6, 6.07) is 9.45. The fraction of sp³-hybridized carbons (Fsp3) is 0.211. The van der Waals surface area contributed by atoms with E-state index in [2.05, 4.69) is 15.2 Å². The molecule has 2 heterocycles. The third kappa shape index (κ3) is 4.21. The molecule has 0 unspecified atom stereocenters. The van der Waals surface area contributed by atoms with Crippen molar-refractivity contribution in [3.05, 3.63) is 70.2 Å². The molecule has 3 N–H and O–H groups in total. The second kappa shape index (κ2) is 8.31. The van der Waals surface area contributed by atoms with Crippen LogP contribution in [0.2, 0.25) is 0 Å². The van der Waals surface area contributed by atoms with E-state index in [4.69, 9.17) is 5.73 Å². The summed E-state index contributed by atoms with van der Waals surface area (Å²) < 4.78 is 41.0. The predicted octanol–water partition coefficient (Wildman–Crippen LogP) is 2.48. The van der Waals surface area contributed by atoms with E-state index in [1.807, 2.05) is 0 Å². The number of H-pyrrole nitrogens is 1. The van der Waals surface area contributed by atoms with Gasteiger partial charge in [-0.2, -0.15) is 13.9 Å². The summed E-state index contributed by atoms with van der Waals surface area (Å²) in [5.41, 5.74) is 5.91. The number of nitrogens with two attached hydrogens (primary N) is 1. The molecule has 0 aliphatic carbocycles. The van der Waals surface area contributed by atoms with Crippen LogP contribution in [0.4, 0.5) is 18.9 Å². The summed E-state index contributed by atoms with van der Waals surface area (Å²) in [7, 11) is 3.44. The summed E-state index contributed by atoms with van der Waals surface area (Å²) in [5.74, 6) is -0.124. The molecular formula is C19H19F3N6O. The number of pyridine rings is 1. The van der Waals surface area contributed by atoms with E-state index >= 15 is 0 Å². The quantitative estimate of drug-likeness (QED) is 0.659. The van der Waals surface area contributed by atoms with Crippen LogP contribution in [-0.2, 0) is 6.42 Å². The summed E-state index contributed by atoms with van der Waals surface area (Å²) in [4.78, 5) is 18.3. The molecule has 29 heavy (non-hydrogen) atoms. The summed E-state index contributed by atoms with van der Waals surface area (Å²) in [6.45, 7) is -0.361. The van der Waals surface area contributed by atoms with Gasteiger partial charge in [0, 0.05) is 38.2 Å². The fourth-order valence-corrected chi connectivity index (χ4v) is 2.81. The van der Waals surface area contributed by atoms with Crippen molar-refractivity contribution in [3.63, 3.8) is 0 Å². The van der Waals surface area contributed by atoms with E-state index in [0.29, 0.717) is 16.9 Å². The van der Waals surface area contributed by atoms with Crippen LogP contribution in [0.1, 0.15) is 5.82 Å². The van der Waals surface area contributed by atoms with Gasteiger partial charge in [-0.15, -0.1) is 0 Å². The van der Waals surface area contributed by atoms with Crippen molar-refractivity contribution in [2.75, 3.05) is 25.5 Å². The Balaban J connectivity index is 2.06. The molecule has 3 rings (SSSR count). The number of anilines is 1. The zero-order chi connectivity index (χ0) is 21.1. The molecule has 0 radical (unpaired) electrons. The Morgan fingerprint density at radius 2 is 2.00 bits per heavy atom. The Morgan fingerprint density at radius 3 is 2.66 bits per heavy atom. The SMILES string of the molecule is CN(C)c1cc(-c2cccc(-n3c(CC(CN)=C(F)F)n[nH]c3=O)n2)ccc1F. The maximum absolute atomic E-state index is 14.0. The van der Waals surface area contributed by atoms with E-state index in [9.17, 15) is 18.0 Å². The van der Waals surface area contributed by atoms with Gasteiger partial charge in [0.1, 0.15) is 17.5 Å². The minimum atomic E-state index is -1.90. The fourth-order valence-electron chi connectivity index (χ4n) is 2.81. The number of aromatic amines is 1. The highest BCUT2D eigenvalue weighted by Gasteiger charge is 2.16. The van der Waals surface area contributed by atoms with Crippen LogP contribution < -0.4 is 16.3 Å². The van der Waals surface area contributed by atoms with Gasteiger partial charge in [-0.1, -0.05) is 6.07 Å². The van der Waals surface area contributed by atoms with Crippen LogP contribution in [0.3, 0.4) is 0 Å². The molecule has 1 aromatic carbocycles. The molecule has 0 amide bonds. The van der Waals surface area contributed by atoms with Gasteiger partial charge < -0.3 is 10.6 Å². The zero-order valence-corrected chi connectivity index (χ0v) is 15.8. The lowest BCUT2D eigenvalue weighted by atomic mass is 10.1. The Morgan fingerprint density at radius 1 is 1.24 bits per heavy atom. The van der Waals surface area contributed by atoms with Gasteiger partial charge >= 0.3 is 5.69 Å². The molecule has 0 spiro atoms. The van der Waals surface area contributed by atoms with Gasteiger partial charge in [0.2, 0.25) is 0 Å². The van der Waals surface area contributed by atoms with Crippen molar-refractivity contribution in [1.82, 2.24) is 19.7 Å². The average molecular weight is 404 g/mol. The number of benzene rings is 1. The molecule has 0 atom stereocenters. The number of hydrogen-bond acceptors (Lipinski definition) is 5. The van der Waals surface area contributed by atoms with Gasteiger partial charge in [0.05, 0.1) is 11.4 Å². The second-order valence-corrected chi connectivity index (χ2v) is 6.47. The Labute approximate surface area is 164 Å². The lowest BCUT2D eigenvalue weighted by Crippen LogP contribution is -2.19. The molecule has 0 bridgehead atoms. The first-order valence-electron chi connectivity index (χ1n) is 8.66. The first-order valence-corrected chi connectivity index (χ1v) is 8.66. The second-order valence-electron chi connectivity index (χ2n) is 6.47. The highest BCUT2D eigenvalue weighted by molar-refractivity contribution is 5.66. The highest BCUT2D eigenvalue weighted by atomic mass is 19.3. The van der Waals surface area contributed by atoms with E-state index in [0.717, 1.165) is 4.57 Å². The molecule has 10 heteroatoms. The Bertz CT molecular complexity index is 1120. The number of nitrogens with zero attached hydrogens (tertiary/aromatic N) is 4. The minimum absolute atomic E-state index is 0.0565. The number of aromatic nitrogens is 4. The van der Waals surface area contributed by atoms with Crippen molar-refractivity contribution in [2.45, 2.75) is 6.42 Å². The molecule has 0 aliphatic heterocycles. The number of halogens is 3. The molecule has 0 aliphatic rings. The largest absolute Gasteiger partial charge is 0.375 e. The first kappa shape index (κ1) is 20.3. The van der Waals surface area contributed by atoms with Crippen LogP contribution in [0.15, 0.2) is 52.8 Å². The maximum Gasteiger partial charge on any atom is 0.349 e. The third-order valence-electron chi connectivity index (χ3n) is 4.31. The van der Waals surface area contributed by atoms with Gasteiger partial charge in [-0.3, -0.25) is 0 Å². The van der Waals surface area contributed by atoms with Crippen LogP contribution in [0.25, 0.3) is 17.1 Å². The first-order chi connectivity index (χ1) is 13.8. The van der Waals surface area contributed by atoms with Crippen molar-refractivity contribution in [3.8, 4) is 17.1 Å². The molecule has 2 aromatic heterocycles. The molecule has 3 aromatic rings. The highest BCUT2D eigenvalue weighted by Crippen LogP contribution is 2.26. The van der Waals surface area contributed by atoms with Crippen molar-refractivity contribution in [1.29, 1.82) is 0 Å². The maximum atomic E-state index is 14.0. The lowest BCUT2D eigenvalue weighted by molar-refractivity contribution is 0.407. The number of rotatable bonds is 6. The van der Waals surface area contributed by atoms with E-state index in [1.165, 1.54) is 6.07 Å². The average Bonchev–Trinajstić information content (AvgIpc) is 3.06. The molecule has 0 saturated carbocycles. The normalized spacial score (nSPS) is 10.8.